The zero-order valence-electron chi connectivity index (χ0n) is 21.9. The van der Waals surface area contributed by atoms with Crippen LogP contribution in [0.2, 0.25) is 15.1 Å². The summed E-state index contributed by atoms with van der Waals surface area (Å²) in [5.74, 6) is 0. The Morgan fingerprint density at radius 2 is 1.64 bits per heavy atom. The van der Waals surface area contributed by atoms with Gasteiger partial charge in [0.2, 0.25) is 0 Å². The minimum atomic E-state index is -0.562. The Bertz CT molecular complexity index is 1480. The Balaban J connectivity index is 1.63. The molecular formula is C30H28Cl3N3O3. The highest BCUT2D eigenvalue weighted by Gasteiger charge is 2.32. The van der Waals surface area contributed by atoms with Crippen LogP contribution >= 0.6 is 34.8 Å². The van der Waals surface area contributed by atoms with E-state index in [9.17, 15) is 9.59 Å². The fourth-order valence-electron chi connectivity index (χ4n) is 4.85. The van der Waals surface area contributed by atoms with Crippen molar-refractivity contribution in [1.29, 1.82) is 0 Å². The number of nitrogens with one attached hydrogen (secondary N) is 1. The minimum Gasteiger partial charge on any atom is -0.444 e. The summed E-state index contributed by atoms with van der Waals surface area (Å²) in [6, 6.07) is 16.5. The lowest BCUT2D eigenvalue weighted by atomic mass is 9.89. The summed E-state index contributed by atoms with van der Waals surface area (Å²) in [5.41, 5.74) is 5.16. The third-order valence-electron chi connectivity index (χ3n) is 6.64. The molecule has 0 fully saturated rings. The molecular weight excluding hydrogens is 557 g/mol. The number of benzene rings is 3. The van der Waals surface area contributed by atoms with Crippen molar-refractivity contribution in [3.63, 3.8) is 0 Å². The van der Waals surface area contributed by atoms with Crippen LogP contribution in [0.15, 0.2) is 60.7 Å². The largest absolute Gasteiger partial charge is 0.444 e. The van der Waals surface area contributed by atoms with Gasteiger partial charge in [-0.05, 0) is 74.2 Å². The molecule has 0 radical (unpaired) electrons. The van der Waals surface area contributed by atoms with E-state index in [0.29, 0.717) is 52.5 Å². The molecule has 0 saturated heterocycles. The first kappa shape index (κ1) is 27.4. The Morgan fingerprint density at radius 1 is 0.949 bits per heavy atom. The molecule has 0 unspecified atom stereocenters. The van der Waals surface area contributed by atoms with E-state index in [2.05, 4.69) is 11.4 Å². The maximum Gasteiger partial charge on any atom is 0.410 e. The third kappa shape index (κ3) is 5.60. The van der Waals surface area contributed by atoms with Gasteiger partial charge in [0.1, 0.15) is 5.60 Å². The molecule has 0 aromatic heterocycles. The predicted molar refractivity (Wildman–Crippen MR) is 158 cm³/mol. The lowest BCUT2D eigenvalue weighted by Crippen LogP contribution is -2.42. The lowest BCUT2D eigenvalue weighted by molar-refractivity contribution is 0.0270. The van der Waals surface area contributed by atoms with Gasteiger partial charge >= 0.3 is 12.1 Å². The van der Waals surface area contributed by atoms with Crippen LogP contribution in [0.3, 0.4) is 0 Å². The normalized spacial score (nSPS) is 15.4. The number of anilines is 2. The van der Waals surface area contributed by atoms with Gasteiger partial charge in [-0.3, -0.25) is 4.90 Å². The van der Waals surface area contributed by atoms with Crippen LogP contribution in [0.5, 0.6) is 0 Å². The van der Waals surface area contributed by atoms with E-state index >= 15 is 0 Å². The Kier molecular flexibility index (Phi) is 7.55. The Hall–Kier alpha value is -3.19. The highest BCUT2D eigenvalue weighted by molar-refractivity contribution is 6.40. The van der Waals surface area contributed by atoms with E-state index in [1.807, 2.05) is 57.2 Å². The molecule has 39 heavy (non-hydrogen) atoms. The van der Waals surface area contributed by atoms with Gasteiger partial charge in [0, 0.05) is 35.8 Å². The van der Waals surface area contributed by atoms with Crippen molar-refractivity contribution in [3.05, 3.63) is 86.9 Å². The van der Waals surface area contributed by atoms with Crippen LogP contribution in [-0.2, 0) is 11.3 Å². The molecule has 202 valence electrons. The van der Waals surface area contributed by atoms with Crippen LogP contribution in [-0.4, -0.2) is 35.7 Å². The monoisotopic (exact) mass is 583 g/mol. The highest BCUT2D eigenvalue weighted by Crippen LogP contribution is 2.45. The lowest BCUT2D eigenvalue weighted by Gasteiger charge is -2.34. The fraction of sp³-hybridized carbons (Fsp3) is 0.267. The average molecular weight is 585 g/mol. The van der Waals surface area contributed by atoms with Gasteiger partial charge in [-0.15, -0.1) is 0 Å². The van der Waals surface area contributed by atoms with Crippen LogP contribution in [0.4, 0.5) is 21.0 Å². The molecule has 0 bridgehead atoms. The quantitative estimate of drug-likeness (QED) is 0.335. The summed E-state index contributed by atoms with van der Waals surface area (Å²) in [5, 5.41) is 4.28. The van der Waals surface area contributed by atoms with E-state index in [4.69, 9.17) is 39.5 Å². The summed E-state index contributed by atoms with van der Waals surface area (Å²) in [7, 11) is 0. The number of carbonyl (C=O) groups excluding carboxylic acids is 2. The number of ether oxygens (including phenoxy) is 1. The average Bonchev–Trinajstić information content (AvgIpc) is 2.88. The summed E-state index contributed by atoms with van der Waals surface area (Å²) < 4.78 is 5.55. The number of nitrogens with zero attached hydrogens (tertiary/aromatic N) is 2. The molecule has 0 atom stereocenters. The summed E-state index contributed by atoms with van der Waals surface area (Å²) in [6.45, 7) is 6.81. The van der Waals surface area contributed by atoms with Crippen LogP contribution in [0.25, 0.3) is 16.7 Å². The SMILES string of the molecule is CC(C)(C)OC(=O)N1CC=C(c2cc(-c3ccccc3Cl)c3c(c2)N(c2c(Cl)cccc2Cl)C(=O)NC3)CC1. The maximum atomic E-state index is 13.3. The second-order valence-electron chi connectivity index (χ2n) is 10.5. The van der Waals surface area contributed by atoms with E-state index < -0.39 is 5.60 Å². The first-order valence-electron chi connectivity index (χ1n) is 12.6. The van der Waals surface area contributed by atoms with Crippen molar-refractivity contribution < 1.29 is 14.3 Å². The topological polar surface area (TPSA) is 61.9 Å². The molecule has 0 saturated carbocycles. The molecule has 2 aliphatic rings. The molecule has 0 spiro atoms. The summed E-state index contributed by atoms with van der Waals surface area (Å²) in [4.78, 5) is 29.1. The molecule has 9 heteroatoms. The van der Waals surface area contributed by atoms with Gasteiger partial charge in [0.05, 0.1) is 21.4 Å². The molecule has 6 nitrogen and oxygen atoms in total. The van der Waals surface area contributed by atoms with Gasteiger partial charge < -0.3 is 15.0 Å². The molecule has 2 heterocycles. The van der Waals surface area contributed by atoms with Crippen molar-refractivity contribution in [3.8, 4) is 11.1 Å². The van der Waals surface area contributed by atoms with Crippen molar-refractivity contribution in [1.82, 2.24) is 10.2 Å². The van der Waals surface area contributed by atoms with Crippen molar-refractivity contribution in [2.45, 2.75) is 39.3 Å². The summed E-state index contributed by atoms with van der Waals surface area (Å²) >= 11 is 19.8. The highest BCUT2D eigenvalue weighted by atomic mass is 35.5. The van der Waals surface area contributed by atoms with Crippen LogP contribution in [0, 0.1) is 0 Å². The second-order valence-corrected chi connectivity index (χ2v) is 11.7. The number of urea groups is 1. The van der Waals surface area contributed by atoms with Crippen molar-refractivity contribution >= 4 is 63.9 Å². The maximum absolute atomic E-state index is 13.3. The Labute approximate surface area is 243 Å². The zero-order valence-corrected chi connectivity index (χ0v) is 24.1. The number of hydrogen-bond donors (Lipinski definition) is 1. The molecule has 5 rings (SSSR count). The minimum absolute atomic E-state index is 0.318. The smallest absolute Gasteiger partial charge is 0.410 e. The molecule has 3 aromatic carbocycles. The summed E-state index contributed by atoms with van der Waals surface area (Å²) in [6.07, 6.45) is 2.32. The number of hydrogen-bond acceptors (Lipinski definition) is 3. The number of rotatable bonds is 3. The third-order valence-corrected chi connectivity index (χ3v) is 7.58. The van der Waals surface area contributed by atoms with Crippen molar-refractivity contribution in [2.75, 3.05) is 18.0 Å². The van der Waals surface area contributed by atoms with Gasteiger partial charge in [-0.25, -0.2) is 9.59 Å². The molecule has 3 amide bonds. The Morgan fingerprint density at radius 3 is 2.28 bits per heavy atom. The number of carbonyl (C=O) groups is 2. The number of para-hydroxylation sites is 1. The molecule has 3 aromatic rings. The van der Waals surface area contributed by atoms with Gasteiger partial charge in [-0.2, -0.15) is 0 Å². The molecule has 2 aliphatic heterocycles. The van der Waals surface area contributed by atoms with E-state index in [1.165, 1.54) is 4.90 Å². The van der Waals surface area contributed by atoms with E-state index in [-0.39, 0.29) is 12.1 Å². The van der Waals surface area contributed by atoms with Gasteiger partial charge in [0.15, 0.2) is 0 Å². The van der Waals surface area contributed by atoms with Gasteiger partial charge in [0.25, 0.3) is 0 Å². The predicted octanol–water partition coefficient (Wildman–Crippen LogP) is 8.70. The molecule has 1 N–H and O–H groups in total. The van der Waals surface area contributed by atoms with E-state index in [1.54, 1.807) is 23.1 Å². The first-order valence-corrected chi connectivity index (χ1v) is 13.8. The fourth-order valence-corrected chi connectivity index (χ4v) is 5.65. The zero-order chi connectivity index (χ0) is 27.9. The number of amides is 3. The first-order chi connectivity index (χ1) is 18.5. The number of halogens is 3. The standard InChI is InChI=1S/C30H28Cl3N3O3/c1-30(2,3)39-29(38)35-13-11-18(12-14-35)19-15-21(20-7-4-5-8-23(20)31)22-17-34-28(37)36(26(22)16-19)27-24(32)9-6-10-25(27)33/h4-11,15-16H,12-14,17H2,1-3H3,(H,34,37). The van der Waals surface area contributed by atoms with Crippen molar-refractivity contribution in [2.24, 2.45) is 0 Å². The molecule has 0 aliphatic carbocycles. The van der Waals surface area contributed by atoms with Gasteiger partial charge in [-0.1, -0.05) is 65.1 Å². The van der Waals surface area contributed by atoms with Crippen LogP contribution < -0.4 is 10.2 Å². The second kappa shape index (κ2) is 10.8. The van der Waals surface area contributed by atoms with Crippen LogP contribution in [0.1, 0.15) is 38.3 Å². The number of fused-ring (bicyclic) bond motifs is 1. The van der Waals surface area contributed by atoms with E-state index in [0.717, 1.165) is 27.8 Å².